The quantitative estimate of drug-likeness (QED) is 0.400. The number of nitrogens with zero attached hydrogens (tertiary/aromatic N) is 3. The van der Waals surface area contributed by atoms with Crippen LogP contribution in [-0.4, -0.2) is 89.8 Å². The van der Waals surface area contributed by atoms with Gasteiger partial charge < -0.3 is 29.3 Å². The maximum atomic E-state index is 14.7. The average Bonchev–Trinajstić information content (AvgIpc) is 3.50. The van der Waals surface area contributed by atoms with Gasteiger partial charge in [-0.3, -0.25) is 14.4 Å². The van der Waals surface area contributed by atoms with Crippen LogP contribution in [-0.2, 0) is 19.1 Å². The van der Waals surface area contributed by atoms with E-state index in [0.29, 0.717) is 37.2 Å². The molecule has 3 saturated heterocycles. The molecule has 1 aromatic carbocycles. The van der Waals surface area contributed by atoms with Crippen molar-refractivity contribution < 1.29 is 29.0 Å². The predicted octanol–water partition coefficient (Wildman–Crippen LogP) is 3.03. The normalized spacial score (nSPS) is 29.3. The van der Waals surface area contributed by atoms with Crippen LogP contribution in [0.2, 0.25) is 0 Å². The molecule has 2 unspecified atom stereocenters. The van der Waals surface area contributed by atoms with Crippen molar-refractivity contribution in [1.29, 1.82) is 0 Å². The summed E-state index contributed by atoms with van der Waals surface area (Å²) >= 11 is 0. The van der Waals surface area contributed by atoms with Crippen molar-refractivity contribution in [2.45, 2.75) is 63.3 Å². The number of aliphatic hydroxyl groups excluding tert-OH is 1. The number of rotatable bonds is 12. The minimum atomic E-state index is -1.19. The van der Waals surface area contributed by atoms with Gasteiger partial charge in [-0.25, -0.2) is 0 Å². The standard InChI is InChI=1S/C31H43N3O6/c1-8-16-32(6)27(36)24-25-28(37)34(22(19-35)18-20(3)4)26(31(25)15-14-30(24,5)40-31)29(38)33(17-9-2)21-10-12-23(39-7)13-11-21/h8-13,20,22,24-26,35H,1-2,14-19H2,3-7H3/t22-,24-,25+,26?,30+,31?/m1/s1. The number of anilines is 1. The molecule has 3 amide bonds. The van der Waals surface area contributed by atoms with Crippen LogP contribution < -0.4 is 9.64 Å². The van der Waals surface area contributed by atoms with Gasteiger partial charge in [-0.15, -0.1) is 13.2 Å². The molecule has 4 rings (SSSR count). The molecule has 9 heteroatoms. The van der Waals surface area contributed by atoms with E-state index in [0.717, 1.165) is 0 Å². The summed E-state index contributed by atoms with van der Waals surface area (Å²) in [4.78, 5) is 47.6. The Bertz CT molecular complexity index is 1150. The Morgan fingerprint density at radius 1 is 1.18 bits per heavy atom. The molecule has 3 fully saturated rings. The lowest BCUT2D eigenvalue weighted by molar-refractivity contribution is -0.151. The third-order valence-corrected chi connectivity index (χ3v) is 8.80. The fourth-order valence-corrected chi connectivity index (χ4v) is 7.12. The van der Waals surface area contributed by atoms with Gasteiger partial charge in [-0.05, 0) is 56.4 Å². The predicted molar refractivity (Wildman–Crippen MR) is 153 cm³/mol. The summed E-state index contributed by atoms with van der Waals surface area (Å²) in [6, 6.07) is 5.52. The van der Waals surface area contributed by atoms with Crippen LogP contribution in [0.5, 0.6) is 5.75 Å². The van der Waals surface area contributed by atoms with Gasteiger partial charge in [0.1, 0.15) is 17.4 Å². The number of amides is 3. The Kier molecular flexibility index (Phi) is 8.47. The molecule has 0 saturated carbocycles. The molecule has 2 bridgehead atoms. The molecule has 9 nitrogen and oxygen atoms in total. The molecule has 0 aromatic heterocycles. The fraction of sp³-hybridized carbons (Fsp3) is 0.581. The largest absolute Gasteiger partial charge is 0.497 e. The Morgan fingerprint density at radius 3 is 2.38 bits per heavy atom. The molecule has 0 aliphatic carbocycles. The number of fused-ring (bicyclic) bond motifs is 1. The first-order chi connectivity index (χ1) is 19.0. The van der Waals surface area contributed by atoms with E-state index >= 15 is 0 Å². The van der Waals surface area contributed by atoms with E-state index in [9.17, 15) is 19.5 Å². The van der Waals surface area contributed by atoms with Crippen LogP contribution >= 0.6 is 0 Å². The monoisotopic (exact) mass is 553 g/mol. The SMILES string of the molecule is C=CCN(C)C(=O)[C@H]1[C@H]2C(=O)N([C@@H](CO)CC(C)C)C(C(=O)N(CC=C)c3ccc(OC)cc3)C23CC[C@]1(C)O3. The first-order valence-electron chi connectivity index (χ1n) is 14.0. The number of carbonyl (C=O) groups excluding carboxylic acids is 3. The fourth-order valence-electron chi connectivity index (χ4n) is 7.12. The molecule has 1 spiro atoms. The second-order valence-corrected chi connectivity index (χ2v) is 11.9. The zero-order valence-electron chi connectivity index (χ0n) is 24.3. The lowest BCUT2D eigenvalue weighted by atomic mass is 9.66. The number of likely N-dealkylation sites (tertiary alicyclic amines) is 1. The number of carbonyl (C=O) groups is 3. The van der Waals surface area contributed by atoms with Gasteiger partial charge in [-0.2, -0.15) is 0 Å². The molecule has 218 valence electrons. The highest BCUT2D eigenvalue weighted by Gasteiger charge is 2.78. The minimum absolute atomic E-state index is 0.162. The second kappa shape index (κ2) is 11.4. The van der Waals surface area contributed by atoms with Crippen LogP contribution in [0.3, 0.4) is 0 Å². The summed E-state index contributed by atoms with van der Waals surface area (Å²) in [5, 5.41) is 10.5. The first-order valence-corrected chi connectivity index (χ1v) is 14.0. The molecule has 3 aliphatic heterocycles. The summed E-state index contributed by atoms with van der Waals surface area (Å²) in [7, 11) is 3.27. The molecular formula is C31H43N3O6. The van der Waals surface area contributed by atoms with E-state index in [4.69, 9.17) is 9.47 Å². The first kappa shape index (κ1) is 29.8. The molecular weight excluding hydrogens is 510 g/mol. The lowest BCUT2D eigenvalue weighted by Gasteiger charge is -2.40. The highest BCUT2D eigenvalue weighted by Crippen LogP contribution is 2.64. The summed E-state index contributed by atoms with van der Waals surface area (Å²) < 4.78 is 12.1. The molecule has 1 N–H and O–H groups in total. The third-order valence-electron chi connectivity index (χ3n) is 8.80. The van der Waals surface area contributed by atoms with Crippen molar-refractivity contribution >= 4 is 23.4 Å². The zero-order chi connectivity index (χ0) is 29.4. The average molecular weight is 554 g/mol. The van der Waals surface area contributed by atoms with E-state index < -0.39 is 35.1 Å². The van der Waals surface area contributed by atoms with Crippen LogP contribution in [0.4, 0.5) is 5.69 Å². The van der Waals surface area contributed by atoms with Gasteiger partial charge in [0, 0.05) is 25.8 Å². The van der Waals surface area contributed by atoms with Crippen LogP contribution in [0.25, 0.3) is 0 Å². The smallest absolute Gasteiger partial charge is 0.253 e. The summed E-state index contributed by atoms with van der Waals surface area (Å²) in [5.41, 5.74) is -1.44. The molecule has 1 aromatic rings. The van der Waals surface area contributed by atoms with Gasteiger partial charge >= 0.3 is 0 Å². The third kappa shape index (κ3) is 4.73. The number of hydrogen-bond acceptors (Lipinski definition) is 6. The molecule has 0 radical (unpaired) electrons. The van der Waals surface area contributed by atoms with Crippen molar-refractivity contribution in [2.75, 3.05) is 38.8 Å². The highest BCUT2D eigenvalue weighted by atomic mass is 16.5. The van der Waals surface area contributed by atoms with Crippen molar-refractivity contribution in [3.8, 4) is 5.75 Å². The second-order valence-electron chi connectivity index (χ2n) is 11.9. The lowest BCUT2D eigenvalue weighted by Crippen LogP contribution is -2.59. The van der Waals surface area contributed by atoms with Crippen LogP contribution in [0.15, 0.2) is 49.6 Å². The van der Waals surface area contributed by atoms with E-state index in [-0.39, 0.29) is 36.8 Å². The van der Waals surface area contributed by atoms with Crippen LogP contribution in [0, 0.1) is 17.8 Å². The Labute approximate surface area is 237 Å². The van der Waals surface area contributed by atoms with E-state index in [2.05, 4.69) is 13.2 Å². The van der Waals surface area contributed by atoms with Gasteiger partial charge in [0.05, 0.1) is 37.2 Å². The molecule has 3 heterocycles. The highest BCUT2D eigenvalue weighted by molar-refractivity contribution is 6.05. The maximum Gasteiger partial charge on any atom is 0.253 e. The number of benzene rings is 1. The topological polar surface area (TPSA) is 99.6 Å². The summed E-state index contributed by atoms with van der Waals surface area (Å²) in [6.45, 7) is 13.8. The molecule has 40 heavy (non-hydrogen) atoms. The number of methoxy groups -OCH3 is 1. The minimum Gasteiger partial charge on any atom is -0.497 e. The zero-order valence-corrected chi connectivity index (χ0v) is 24.3. The van der Waals surface area contributed by atoms with Crippen molar-refractivity contribution in [1.82, 2.24) is 9.80 Å². The molecule has 3 aliphatic rings. The molecule has 6 atom stereocenters. The summed E-state index contributed by atoms with van der Waals surface area (Å²) in [6.07, 6.45) is 4.80. The van der Waals surface area contributed by atoms with Gasteiger partial charge in [-0.1, -0.05) is 26.0 Å². The maximum absolute atomic E-state index is 14.7. The summed E-state index contributed by atoms with van der Waals surface area (Å²) in [5.74, 6) is -1.58. The van der Waals surface area contributed by atoms with Gasteiger partial charge in [0.15, 0.2) is 0 Å². The Morgan fingerprint density at radius 2 is 1.82 bits per heavy atom. The van der Waals surface area contributed by atoms with Gasteiger partial charge in [0.2, 0.25) is 11.8 Å². The van der Waals surface area contributed by atoms with Crippen molar-refractivity contribution in [3.63, 3.8) is 0 Å². The number of likely N-dealkylation sites (N-methyl/N-ethyl adjacent to an activating group) is 1. The van der Waals surface area contributed by atoms with E-state index in [1.54, 1.807) is 65.3 Å². The van der Waals surface area contributed by atoms with Crippen LogP contribution in [0.1, 0.15) is 40.0 Å². The number of hydrogen-bond donors (Lipinski definition) is 1. The Hall–Kier alpha value is -3.17. The van der Waals surface area contributed by atoms with E-state index in [1.165, 1.54) is 0 Å². The van der Waals surface area contributed by atoms with Crippen molar-refractivity contribution in [3.05, 3.63) is 49.6 Å². The van der Waals surface area contributed by atoms with Crippen molar-refractivity contribution in [2.24, 2.45) is 17.8 Å². The number of ether oxygens (including phenoxy) is 2. The Balaban J connectivity index is 1.84. The number of aliphatic hydroxyl groups is 1. The van der Waals surface area contributed by atoms with E-state index in [1.807, 2.05) is 20.8 Å². The van der Waals surface area contributed by atoms with Gasteiger partial charge in [0.25, 0.3) is 5.91 Å².